The lowest BCUT2D eigenvalue weighted by molar-refractivity contribution is -0.138. The van der Waals surface area contributed by atoms with E-state index in [0.717, 1.165) is 31.7 Å². The highest BCUT2D eigenvalue weighted by Gasteiger charge is 2.31. The standard InChI is InChI=1S/C14H18ClF3N2.2ClH/c15-12-3-1-2-11(10-12)13(4-5-14(16,17)18)20-8-6-19-7-9-20;;/h1-3,10,13,19H,4-9H2;2*1H/t13-;;/m1../s1. The van der Waals surface area contributed by atoms with Crippen molar-refractivity contribution in [2.75, 3.05) is 26.2 Å². The van der Waals surface area contributed by atoms with Crippen LogP contribution < -0.4 is 5.32 Å². The molecule has 1 aliphatic heterocycles. The lowest BCUT2D eigenvalue weighted by atomic mass is 9.99. The molecule has 1 atom stereocenters. The molecule has 0 unspecified atom stereocenters. The summed E-state index contributed by atoms with van der Waals surface area (Å²) in [5.41, 5.74) is 0.864. The van der Waals surface area contributed by atoms with Crippen molar-refractivity contribution < 1.29 is 13.2 Å². The number of hydrogen-bond acceptors (Lipinski definition) is 2. The highest BCUT2D eigenvalue weighted by molar-refractivity contribution is 6.30. The van der Waals surface area contributed by atoms with Crippen LogP contribution in [0, 0.1) is 0 Å². The van der Waals surface area contributed by atoms with E-state index in [9.17, 15) is 13.2 Å². The third kappa shape index (κ3) is 6.92. The van der Waals surface area contributed by atoms with Crippen molar-refractivity contribution in [2.45, 2.75) is 25.1 Å². The van der Waals surface area contributed by atoms with Crippen LogP contribution in [0.4, 0.5) is 13.2 Å². The lowest BCUT2D eigenvalue weighted by Crippen LogP contribution is -2.45. The lowest BCUT2D eigenvalue weighted by Gasteiger charge is -2.35. The van der Waals surface area contributed by atoms with E-state index in [1.54, 1.807) is 18.2 Å². The molecule has 0 amide bonds. The van der Waals surface area contributed by atoms with Gasteiger partial charge < -0.3 is 5.32 Å². The summed E-state index contributed by atoms with van der Waals surface area (Å²) in [5, 5.41) is 3.78. The smallest absolute Gasteiger partial charge is 0.314 e. The molecule has 8 heteroatoms. The Kier molecular flexibility index (Phi) is 9.74. The molecule has 1 saturated heterocycles. The van der Waals surface area contributed by atoms with Crippen LogP contribution in [-0.2, 0) is 0 Å². The summed E-state index contributed by atoms with van der Waals surface area (Å²) in [6, 6.07) is 6.93. The van der Waals surface area contributed by atoms with Crippen LogP contribution in [0.3, 0.4) is 0 Å². The van der Waals surface area contributed by atoms with Crippen LogP contribution in [-0.4, -0.2) is 37.3 Å². The Balaban J connectivity index is 0.00000220. The van der Waals surface area contributed by atoms with Crippen LogP contribution >= 0.6 is 36.4 Å². The first-order valence-corrected chi connectivity index (χ1v) is 7.10. The van der Waals surface area contributed by atoms with Gasteiger partial charge >= 0.3 is 6.18 Å². The van der Waals surface area contributed by atoms with Gasteiger partial charge in [0, 0.05) is 43.7 Å². The second kappa shape index (κ2) is 9.83. The molecule has 0 spiro atoms. The van der Waals surface area contributed by atoms with Crippen LogP contribution in [0.25, 0.3) is 0 Å². The molecule has 22 heavy (non-hydrogen) atoms. The van der Waals surface area contributed by atoms with E-state index >= 15 is 0 Å². The third-order valence-corrected chi connectivity index (χ3v) is 3.76. The first-order valence-electron chi connectivity index (χ1n) is 6.73. The van der Waals surface area contributed by atoms with Crippen LogP contribution in [0.2, 0.25) is 5.02 Å². The van der Waals surface area contributed by atoms with Gasteiger partial charge in [-0.05, 0) is 24.1 Å². The quantitative estimate of drug-likeness (QED) is 0.830. The number of nitrogens with one attached hydrogen (secondary N) is 1. The van der Waals surface area contributed by atoms with E-state index in [4.69, 9.17) is 11.6 Å². The summed E-state index contributed by atoms with van der Waals surface area (Å²) in [6.45, 7) is 3.14. The number of hydrogen-bond donors (Lipinski definition) is 1. The molecular weight excluding hydrogens is 360 g/mol. The molecule has 128 valence electrons. The molecule has 1 heterocycles. The summed E-state index contributed by atoms with van der Waals surface area (Å²) in [7, 11) is 0. The predicted octanol–water partition coefficient (Wildman–Crippen LogP) is 4.47. The molecule has 1 aliphatic rings. The van der Waals surface area contributed by atoms with Crippen molar-refractivity contribution in [3.05, 3.63) is 34.9 Å². The fourth-order valence-corrected chi connectivity index (χ4v) is 2.77. The molecule has 0 bridgehead atoms. The van der Waals surface area contributed by atoms with Gasteiger partial charge in [-0.15, -0.1) is 24.8 Å². The Morgan fingerprint density at radius 3 is 2.36 bits per heavy atom. The molecule has 1 fully saturated rings. The maximum absolute atomic E-state index is 12.5. The molecule has 2 nitrogen and oxygen atoms in total. The molecule has 1 N–H and O–H groups in total. The molecule has 1 aromatic rings. The largest absolute Gasteiger partial charge is 0.389 e. The highest BCUT2D eigenvalue weighted by atomic mass is 35.5. The molecule has 0 aliphatic carbocycles. The number of alkyl halides is 3. The SMILES string of the molecule is Cl.Cl.FC(F)(F)CC[C@H](c1cccc(Cl)c1)N1CCNCC1. The topological polar surface area (TPSA) is 15.3 Å². The average molecular weight is 380 g/mol. The van der Waals surface area contributed by atoms with Crippen molar-refractivity contribution in [1.82, 2.24) is 10.2 Å². The average Bonchev–Trinajstić information content (AvgIpc) is 2.39. The van der Waals surface area contributed by atoms with E-state index in [1.165, 1.54) is 0 Å². The predicted molar refractivity (Wildman–Crippen MR) is 88.4 cm³/mol. The van der Waals surface area contributed by atoms with Crippen LogP contribution in [0.1, 0.15) is 24.4 Å². The maximum Gasteiger partial charge on any atom is 0.389 e. The zero-order valence-corrected chi connectivity index (χ0v) is 14.3. The number of benzene rings is 1. The Bertz CT molecular complexity index is 438. The number of halogens is 6. The summed E-state index contributed by atoms with van der Waals surface area (Å²) in [4.78, 5) is 2.11. The van der Waals surface area contributed by atoms with Gasteiger partial charge in [0.05, 0.1) is 0 Å². The minimum atomic E-state index is -4.12. The third-order valence-electron chi connectivity index (χ3n) is 3.53. The molecule has 0 radical (unpaired) electrons. The first kappa shape index (κ1) is 21.8. The number of piperazine rings is 1. The van der Waals surface area contributed by atoms with Crippen molar-refractivity contribution in [2.24, 2.45) is 0 Å². The van der Waals surface area contributed by atoms with Gasteiger partial charge in [0.15, 0.2) is 0 Å². The minimum Gasteiger partial charge on any atom is -0.314 e. The fourth-order valence-electron chi connectivity index (χ4n) is 2.57. The number of nitrogens with zero attached hydrogens (tertiary/aromatic N) is 1. The number of rotatable bonds is 4. The van der Waals surface area contributed by atoms with Gasteiger partial charge in [0.2, 0.25) is 0 Å². The van der Waals surface area contributed by atoms with Gasteiger partial charge in [-0.3, -0.25) is 4.90 Å². The van der Waals surface area contributed by atoms with Crippen LogP contribution in [0.15, 0.2) is 24.3 Å². The summed E-state index contributed by atoms with van der Waals surface area (Å²) < 4.78 is 37.6. The van der Waals surface area contributed by atoms with Gasteiger partial charge in [-0.2, -0.15) is 13.2 Å². The first-order chi connectivity index (χ1) is 9.46. The van der Waals surface area contributed by atoms with Crippen molar-refractivity contribution in [3.8, 4) is 0 Å². The Morgan fingerprint density at radius 1 is 1.18 bits per heavy atom. The summed E-state index contributed by atoms with van der Waals surface area (Å²) in [6.07, 6.45) is -4.82. The van der Waals surface area contributed by atoms with E-state index < -0.39 is 12.6 Å². The summed E-state index contributed by atoms with van der Waals surface area (Å²) >= 11 is 5.96. The van der Waals surface area contributed by atoms with Gasteiger partial charge in [-0.25, -0.2) is 0 Å². The van der Waals surface area contributed by atoms with Gasteiger partial charge in [0.25, 0.3) is 0 Å². The normalized spacial score (nSPS) is 17.3. The maximum atomic E-state index is 12.5. The molecule has 2 rings (SSSR count). The Labute approximate surface area is 146 Å². The molecular formula is C14H20Cl3F3N2. The fraction of sp³-hybridized carbons (Fsp3) is 0.571. The molecule has 0 saturated carbocycles. The van der Waals surface area contributed by atoms with E-state index in [0.29, 0.717) is 5.02 Å². The van der Waals surface area contributed by atoms with Gasteiger partial charge in [0.1, 0.15) is 0 Å². The summed E-state index contributed by atoms with van der Waals surface area (Å²) in [5.74, 6) is 0. The van der Waals surface area contributed by atoms with E-state index in [-0.39, 0.29) is 37.3 Å². The second-order valence-corrected chi connectivity index (χ2v) is 5.45. The highest BCUT2D eigenvalue weighted by Crippen LogP contribution is 2.32. The van der Waals surface area contributed by atoms with Gasteiger partial charge in [-0.1, -0.05) is 23.7 Å². The Morgan fingerprint density at radius 2 is 1.82 bits per heavy atom. The van der Waals surface area contributed by atoms with E-state index in [2.05, 4.69) is 10.2 Å². The minimum absolute atomic E-state index is 0. The molecule has 0 aromatic heterocycles. The van der Waals surface area contributed by atoms with Crippen molar-refractivity contribution >= 4 is 36.4 Å². The van der Waals surface area contributed by atoms with Crippen molar-refractivity contribution in [1.29, 1.82) is 0 Å². The zero-order valence-electron chi connectivity index (χ0n) is 11.9. The Hall–Kier alpha value is -0.200. The van der Waals surface area contributed by atoms with Crippen LogP contribution in [0.5, 0.6) is 0 Å². The van der Waals surface area contributed by atoms with E-state index in [1.807, 2.05) is 6.07 Å². The monoisotopic (exact) mass is 378 g/mol. The van der Waals surface area contributed by atoms with Crippen molar-refractivity contribution in [3.63, 3.8) is 0 Å². The second-order valence-electron chi connectivity index (χ2n) is 5.01. The zero-order chi connectivity index (χ0) is 14.6. The molecule has 1 aromatic carbocycles.